The number of aromatic nitrogens is 1. The summed E-state index contributed by atoms with van der Waals surface area (Å²) in [4.78, 5) is 4.35. The van der Waals surface area contributed by atoms with E-state index < -0.39 is 0 Å². The molecule has 0 aliphatic carbocycles. The van der Waals surface area contributed by atoms with Crippen LogP contribution in [0.5, 0.6) is 5.75 Å². The lowest BCUT2D eigenvalue weighted by Gasteiger charge is -2.16. The number of rotatable bonds is 6. The van der Waals surface area contributed by atoms with Crippen molar-refractivity contribution in [1.29, 1.82) is 0 Å². The first-order valence-electron chi connectivity index (χ1n) is 6.17. The summed E-state index contributed by atoms with van der Waals surface area (Å²) in [5.74, 6) is 1.63. The van der Waals surface area contributed by atoms with E-state index in [4.69, 9.17) is 4.74 Å². The first-order chi connectivity index (χ1) is 8.81. The van der Waals surface area contributed by atoms with Crippen LogP contribution in [0, 0.1) is 0 Å². The van der Waals surface area contributed by atoms with E-state index in [1.807, 2.05) is 12.1 Å². The zero-order valence-electron chi connectivity index (χ0n) is 10.7. The lowest BCUT2D eigenvalue weighted by molar-refractivity contribution is 0.317. The summed E-state index contributed by atoms with van der Waals surface area (Å²) in [5.41, 5.74) is 1.27. The number of hydrogen-bond donors (Lipinski definition) is 1. The van der Waals surface area contributed by atoms with Crippen molar-refractivity contribution in [3.63, 3.8) is 0 Å². The van der Waals surface area contributed by atoms with Gasteiger partial charge in [-0.25, -0.2) is 4.98 Å². The zero-order chi connectivity index (χ0) is 12.8. The first kappa shape index (κ1) is 12.9. The molecule has 4 heteroatoms. The molecule has 0 aliphatic rings. The van der Waals surface area contributed by atoms with Gasteiger partial charge in [0.1, 0.15) is 0 Å². The summed E-state index contributed by atoms with van der Waals surface area (Å²) in [6.45, 7) is 4.94. The Hall–Kier alpha value is -1.55. The van der Waals surface area contributed by atoms with Crippen LogP contribution in [-0.2, 0) is 0 Å². The SMILES string of the molecule is CCCOc1cccnc1NC(C)c1ccsc1. The second-order valence-electron chi connectivity index (χ2n) is 4.12. The Morgan fingerprint density at radius 2 is 2.33 bits per heavy atom. The maximum atomic E-state index is 5.68. The van der Waals surface area contributed by atoms with E-state index in [1.54, 1.807) is 17.5 Å². The van der Waals surface area contributed by atoms with Gasteiger partial charge in [-0.3, -0.25) is 0 Å². The van der Waals surface area contributed by atoms with Crippen LogP contribution in [0.25, 0.3) is 0 Å². The monoisotopic (exact) mass is 262 g/mol. The highest BCUT2D eigenvalue weighted by Crippen LogP contribution is 2.26. The topological polar surface area (TPSA) is 34.1 Å². The van der Waals surface area contributed by atoms with Crippen LogP contribution in [0.4, 0.5) is 5.82 Å². The van der Waals surface area contributed by atoms with Crippen LogP contribution < -0.4 is 10.1 Å². The minimum Gasteiger partial charge on any atom is -0.490 e. The van der Waals surface area contributed by atoms with Crippen LogP contribution in [0.15, 0.2) is 35.2 Å². The number of nitrogens with one attached hydrogen (secondary N) is 1. The standard InChI is InChI=1S/C14H18N2OS/c1-3-8-17-13-5-4-7-15-14(13)16-11(2)12-6-9-18-10-12/h4-7,9-11H,3,8H2,1-2H3,(H,15,16). The van der Waals surface area contributed by atoms with Gasteiger partial charge < -0.3 is 10.1 Å². The van der Waals surface area contributed by atoms with Crippen molar-refractivity contribution < 1.29 is 4.74 Å². The van der Waals surface area contributed by atoms with Crippen LogP contribution in [0.1, 0.15) is 31.9 Å². The summed E-state index contributed by atoms with van der Waals surface area (Å²) < 4.78 is 5.68. The second-order valence-corrected chi connectivity index (χ2v) is 4.90. The van der Waals surface area contributed by atoms with Crippen molar-refractivity contribution in [2.75, 3.05) is 11.9 Å². The molecule has 0 spiro atoms. The van der Waals surface area contributed by atoms with Gasteiger partial charge in [0.2, 0.25) is 0 Å². The average Bonchev–Trinajstić information content (AvgIpc) is 2.91. The van der Waals surface area contributed by atoms with E-state index in [0.29, 0.717) is 6.61 Å². The van der Waals surface area contributed by atoms with Crippen molar-refractivity contribution in [3.8, 4) is 5.75 Å². The maximum absolute atomic E-state index is 5.68. The van der Waals surface area contributed by atoms with Gasteiger partial charge in [-0.2, -0.15) is 11.3 Å². The summed E-state index contributed by atoms with van der Waals surface area (Å²) in [6.07, 6.45) is 2.77. The second kappa shape index (κ2) is 6.40. The first-order valence-corrected chi connectivity index (χ1v) is 7.12. The molecule has 0 fully saturated rings. The van der Waals surface area contributed by atoms with Crippen molar-refractivity contribution in [2.45, 2.75) is 26.3 Å². The van der Waals surface area contributed by atoms with E-state index in [1.165, 1.54) is 5.56 Å². The van der Waals surface area contributed by atoms with Gasteiger partial charge in [-0.15, -0.1) is 0 Å². The van der Waals surface area contributed by atoms with Crippen molar-refractivity contribution in [2.24, 2.45) is 0 Å². The van der Waals surface area contributed by atoms with E-state index in [9.17, 15) is 0 Å². The molecule has 2 rings (SSSR count). The molecule has 2 heterocycles. The molecule has 2 aromatic heterocycles. The van der Waals surface area contributed by atoms with E-state index >= 15 is 0 Å². The molecule has 1 unspecified atom stereocenters. The van der Waals surface area contributed by atoms with Gasteiger partial charge in [0.15, 0.2) is 11.6 Å². The highest BCUT2D eigenvalue weighted by Gasteiger charge is 2.10. The third-order valence-electron chi connectivity index (χ3n) is 2.63. The Morgan fingerprint density at radius 3 is 3.06 bits per heavy atom. The molecule has 96 valence electrons. The number of nitrogens with zero attached hydrogens (tertiary/aromatic N) is 1. The van der Waals surface area contributed by atoms with Crippen LogP contribution in [0.2, 0.25) is 0 Å². The largest absolute Gasteiger partial charge is 0.490 e. The zero-order valence-corrected chi connectivity index (χ0v) is 11.5. The summed E-state index contributed by atoms with van der Waals surface area (Å²) in [5, 5.41) is 7.62. The Kier molecular flexibility index (Phi) is 4.59. The van der Waals surface area contributed by atoms with Crippen LogP contribution in [0.3, 0.4) is 0 Å². The minimum absolute atomic E-state index is 0.232. The summed E-state index contributed by atoms with van der Waals surface area (Å²) in [7, 11) is 0. The summed E-state index contributed by atoms with van der Waals surface area (Å²) >= 11 is 1.70. The number of pyridine rings is 1. The lowest BCUT2D eigenvalue weighted by Crippen LogP contribution is -2.09. The molecule has 0 aromatic carbocycles. The molecule has 0 saturated carbocycles. The molecule has 0 saturated heterocycles. The van der Waals surface area contributed by atoms with Crippen molar-refractivity contribution >= 4 is 17.2 Å². The number of ether oxygens (including phenoxy) is 1. The highest BCUT2D eigenvalue weighted by atomic mass is 32.1. The number of anilines is 1. The van der Waals surface area contributed by atoms with Crippen LogP contribution in [-0.4, -0.2) is 11.6 Å². The molecule has 0 radical (unpaired) electrons. The molecule has 3 nitrogen and oxygen atoms in total. The molecule has 2 aromatic rings. The van der Waals surface area contributed by atoms with E-state index in [0.717, 1.165) is 18.0 Å². The highest BCUT2D eigenvalue weighted by molar-refractivity contribution is 7.07. The molecular formula is C14H18N2OS. The normalized spacial score (nSPS) is 12.1. The van der Waals surface area contributed by atoms with Crippen molar-refractivity contribution in [3.05, 3.63) is 40.7 Å². The molecule has 0 amide bonds. The third-order valence-corrected chi connectivity index (χ3v) is 3.33. The molecule has 0 aliphatic heterocycles. The predicted molar refractivity (Wildman–Crippen MR) is 76.4 cm³/mol. The fourth-order valence-electron chi connectivity index (χ4n) is 1.64. The number of hydrogen-bond acceptors (Lipinski definition) is 4. The van der Waals surface area contributed by atoms with E-state index in [-0.39, 0.29) is 6.04 Å². The number of thiophene rings is 1. The molecule has 18 heavy (non-hydrogen) atoms. The molecular weight excluding hydrogens is 244 g/mol. The van der Waals surface area contributed by atoms with Crippen LogP contribution >= 0.6 is 11.3 Å². The molecule has 0 bridgehead atoms. The Bertz CT molecular complexity index is 470. The van der Waals surface area contributed by atoms with Gasteiger partial charge in [0, 0.05) is 6.20 Å². The fraction of sp³-hybridized carbons (Fsp3) is 0.357. The smallest absolute Gasteiger partial charge is 0.169 e. The van der Waals surface area contributed by atoms with E-state index in [2.05, 4.69) is 41.0 Å². The van der Waals surface area contributed by atoms with Gasteiger partial charge in [-0.05, 0) is 47.9 Å². The predicted octanol–water partition coefficient (Wildman–Crippen LogP) is 4.11. The average molecular weight is 262 g/mol. The van der Waals surface area contributed by atoms with Gasteiger partial charge in [0.05, 0.1) is 12.6 Å². The third kappa shape index (κ3) is 3.23. The minimum atomic E-state index is 0.232. The van der Waals surface area contributed by atoms with Gasteiger partial charge >= 0.3 is 0 Å². The van der Waals surface area contributed by atoms with Crippen molar-refractivity contribution in [1.82, 2.24) is 4.98 Å². The summed E-state index contributed by atoms with van der Waals surface area (Å²) in [6, 6.07) is 6.20. The Balaban J connectivity index is 2.08. The lowest BCUT2D eigenvalue weighted by atomic mass is 10.2. The maximum Gasteiger partial charge on any atom is 0.169 e. The Labute approximate surface area is 112 Å². The Morgan fingerprint density at radius 1 is 1.44 bits per heavy atom. The molecule has 1 N–H and O–H groups in total. The van der Waals surface area contributed by atoms with Gasteiger partial charge in [0.25, 0.3) is 0 Å². The fourth-order valence-corrected chi connectivity index (χ4v) is 2.39. The van der Waals surface area contributed by atoms with Gasteiger partial charge in [-0.1, -0.05) is 6.92 Å². The quantitative estimate of drug-likeness (QED) is 0.851. The molecule has 1 atom stereocenters.